The topological polar surface area (TPSA) is 40.5 Å². The molecule has 1 saturated heterocycles. The summed E-state index contributed by atoms with van der Waals surface area (Å²) in [6.45, 7) is 2.79. The minimum atomic E-state index is -0.166. The van der Waals surface area contributed by atoms with Crippen molar-refractivity contribution in [2.45, 2.75) is 19.4 Å². The largest absolute Gasteiger partial charge is 0.396 e. The molecule has 2 atom stereocenters. The van der Waals surface area contributed by atoms with Gasteiger partial charge in [0.05, 0.1) is 0 Å². The first kappa shape index (κ1) is 10.6. The smallest absolute Gasteiger partial charge is 0.299 e. The van der Waals surface area contributed by atoms with Crippen molar-refractivity contribution in [3.63, 3.8) is 0 Å². The van der Waals surface area contributed by atoms with Crippen molar-refractivity contribution in [3.8, 4) is 10.8 Å². The van der Waals surface area contributed by atoms with E-state index in [1.807, 2.05) is 6.92 Å². The maximum atomic E-state index is 11.4. The van der Waals surface area contributed by atoms with Gasteiger partial charge in [0.25, 0.3) is 5.91 Å². The molecule has 0 aliphatic carbocycles. The summed E-state index contributed by atoms with van der Waals surface area (Å²) >= 11 is 2.89. The summed E-state index contributed by atoms with van der Waals surface area (Å²) in [4.78, 5) is 15.5. The van der Waals surface area contributed by atoms with Gasteiger partial charge in [0.1, 0.15) is 0 Å². The van der Waals surface area contributed by atoms with Crippen LogP contribution in [0.15, 0.2) is 0 Å². The van der Waals surface area contributed by atoms with E-state index in [0.717, 1.165) is 6.42 Å². The van der Waals surface area contributed by atoms with Crippen LogP contribution in [0, 0.1) is 16.7 Å². The van der Waals surface area contributed by atoms with Gasteiger partial charge in [0, 0.05) is 47.0 Å². The van der Waals surface area contributed by atoms with Crippen LogP contribution in [0.3, 0.4) is 0 Å². The summed E-state index contributed by atoms with van der Waals surface area (Å²) < 4.78 is 0. The highest BCUT2D eigenvalue weighted by Gasteiger charge is 2.32. The number of aliphatic hydroxyl groups excluding tert-OH is 1. The molecule has 1 amide bonds. The Morgan fingerprint density at radius 3 is 2.92 bits per heavy atom. The lowest BCUT2D eigenvalue weighted by Crippen LogP contribution is -2.35. The fourth-order valence-corrected chi connectivity index (χ4v) is 1.82. The van der Waals surface area contributed by atoms with Gasteiger partial charge < -0.3 is 10.0 Å². The molecule has 0 bridgehead atoms. The third kappa shape index (κ3) is 2.23. The normalized spacial score (nSPS) is 26.8. The first-order valence-corrected chi connectivity index (χ1v) is 5.03. The van der Waals surface area contributed by atoms with Crippen molar-refractivity contribution in [2.24, 2.45) is 5.92 Å². The van der Waals surface area contributed by atoms with E-state index in [4.69, 9.17) is 5.11 Å². The monoisotopic (exact) mass is 245 g/mol. The predicted molar refractivity (Wildman–Crippen MR) is 53.1 cm³/mol. The van der Waals surface area contributed by atoms with E-state index in [2.05, 4.69) is 26.7 Å². The quantitative estimate of drug-likeness (QED) is 0.687. The first-order valence-electron chi connectivity index (χ1n) is 4.23. The Kier molecular flexibility index (Phi) is 3.76. The molecule has 0 saturated carbocycles. The van der Waals surface area contributed by atoms with Crippen LogP contribution in [0.1, 0.15) is 13.3 Å². The molecule has 0 aromatic heterocycles. The van der Waals surface area contributed by atoms with Gasteiger partial charge in [-0.15, -0.1) is 0 Å². The van der Waals surface area contributed by atoms with Gasteiger partial charge in [0.2, 0.25) is 0 Å². The predicted octanol–water partition coefficient (Wildman–Crippen LogP) is 0.572. The molecule has 0 aromatic carbocycles. The number of rotatable bonds is 1. The average molecular weight is 246 g/mol. The number of carbonyl (C=O) groups is 1. The Morgan fingerprint density at radius 1 is 1.77 bits per heavy atom. The van der Waals surface area contributed by atoms with E-state index in [1.165, 1.54) is 0 Å². The molecule has 1 aliphatic heterocycles. The number of aliphatic hydroxyl groups is 1. The van der Waals surface area contributed by atoms with Gasteiger partial charge >= 0.3 is 0 Å². The third-order valence-corrected chi connectivity index (χ3v) is 2.76. The number of hydrogen-bond acceptors (Lipinski definition) is 2. The second kappa shape index (κ2) is 4.64. The summed E-state index contributed by atoms with van der Waals surface area (Å²) in [5.74, 6) is 2.48. The van der Waals surface area contributed by atoms with E-state index in [9.17, 15) is 4.79 Å². The second-order valence-corrected chi connectivity index (χ2v) is 3.59. The summed E-state index contributed by atoms with van der Waals surface area (Å²) in [6.07, 6.45) is 0.868. The van der Waals surface area contributed by atoms with Crippen LogP contribution in [0.4, 0.5) is 0 Å². The molecule has 72 valence electrons. The highest BCUT2D eigenvalue weighted by Crippen LogP contribution is 2.23. The lowest BCUT2D eigenvalue weighted by molar-refractivity contribution is -0.125. The number of halogens is 1. The summed E-state index contributed by atoms with van der Waals surface area (Å²) in [6, 6.07) is 0.103. The standard InChI is InChI=1S/C9H12BrNO2/c1-7-8(6-12)3-5-11(7)9(13)2-4-10/h7-8,12H,3,5-6H2,1H3. The van der Waals surface area contributed by atoms with E-state index in [-0.39, 0.29) is 24.5 Å². The molecule has 0 spiro atoms. The molecular formula is C9H12BrNO2. The molecule has 13 heavy (non-hydrogen) atoms. The van der Waals surface area contributed by atoms with Crippen molar-refractivity contribution in [3.05, 3.63) is 0 Å². The molecular weight excluding hydrogens is 234 g/mol. The van der Waals surface area contributed by atoms with Crippen molar-refractivity contribution in [1.82, 2.24) is 4.90 Å². The molecule has 1 rings (SSSR count). The SMILES string of the molecule is CC1C(CO)CCN1C(=O)C#CBr. The van der Waals surface area contributed by atoms with Crippen LogP contribution in [0.5, 0.6) is 0 Å². The Morgan fingerprint density at radius 2 is 2.46 bits per heavy atom. The summed E-state index contributed by atoms with van der Waals surface area (Å²) in [5.41, 5.74) is 0. The minimum absolute atomic E-state index is 0.103. The minimum Gasteiger partial charge on any atom is -0.396 e. The molecule has 1 N–H and O–H groups in total. The van der Waals surface area contributed by atoms with Crippen molar-refractivity contribution in [1.29, 1.82) is 0 Å². The average Bonchev–Trinajstić information content (AvgIpc) is 2.47. The van der Waals surface area contributed by atoms with Crippen LogP contribution < -0.4 is 0 Å². The molecule has 1 heterocycles. The van der Waals surface area contributed by atoms with E-state index < -0.39 is 0 Å². The highest BCUT2D eigenvalue weighted by molar-refractivity contribution is 9.12. The van der Waals surface area contributed by atoms with Gasteiger partial charge in [0.15, 0.2) is 0 Å². The maximum absolute atomic E-state index is 11.4. The van der Waals surface area contributed by atoms with Crippen molar-refractivity contribution >= 4 is 21.8 Å². The van der Waals surface area contributed by atoms with Crippen LogP contribution in [-0.4, -0.2) is 35.1 Å². The highest BCUT2D eigenvalue weighted by atomic mass is 79.9. The Hall–Kier alpha value is -0.530. The third-order valence-electron chi connectivity index (χ3n) is 2.56. The number of carbonyl (C=O) groups excluding carboxylic acids is 1. The van der Waals surface area contributed by atoms with Gasteiger partial charge in [-0.1, -0.05) is 0 Å². The molecule has 4 heteroatoms. The van der Waals surface area contributed by atoms with Crippen LogP contribution in [-0.2, 0) is 4.79 Å². The Balaban J connectivity index is 2.62. The molecule has 2 unspecified atom stereocenters. The Labute approximate surface area is 86.2 Å². The fourth-order valence-electron chi connectivity index (χ4n) is 1.65. The first-order chi connectivity index (χ1) is 6.20. The van der Waals surface area contributed by atoms with Crippen LogP contribution in [0.25, 0.3) is 0 Å². The number of amides is 1. The van der Waals surface area contributed by atoms with Crippen LogP contribution >= 0.6 is 15.9 Å². The second-order valence-electron chi connectivity index (χ2n) is 3.19. The zero-order valence-electron chi connectivity index (χ0n) is 7.46. The van der Waals surface area contributed by atoms with E-state index >= 15 is 0 Å². The number of likely N-dealkylation sites (tertiary alicyclic amines) is 1. The Bertz CT molecular complexity index is 256. The van der Waals surface area contributed by atoms with Gasteiger partial charge in [-0.3, -0.25) is 4.79 Å². The van der Waals surface area contributed by atoms with Crippen molar-refractivity contribution < 1.29 is 9.90 Å². The molecule has 3 nitrogen and oxygen atoms in total. The zero-order valence-corrected chi connectivity index (χ0v) is 9.04. The number of nitrogens with zero attached hydrogens (tertiary/aromatic N) is 1. The van der Waals surface area contributed by atoms with Crippen molar-refractivity contribution in [2.75, 3.05) is 13.2 Å². The van der Waals surface area contributed by atoms with Gasteiger partial charge in [-0.05, 0) is 18.2 Å². The molecule has 0 aromatic rings. The molecule has 0 radical (unpaired) electrons. The van der Waals surface area contributed by atoms with Gasteiger partial charge in [-0.25, -0.2) is 0 Å². The van der Waals surface area contributed by atoms with Gasteiger partial charge in [-0.2, -0.15) is 0 Å². The fraction of sp³-hybridized carbons (Fsp3) is 0.667. The maximum Gasteiger partial charge on any atom is 0.299 e. The molecule has 1 aliphatic rings. The molecule has 1 fully saturated rings. The summed E-state index contributed by atoms with van der Waals surface area (Å²) in [7, 11) is 0. The van der Waals surface area contributed by atoms with E-state index in [0.29, 0.717) is 6.54 Å². The number of hydrogen-bond donors (Lipinski definition) is 1. The lowest BCUT2D eigenvalue weighted by atomic mass is 10.0. The summed E-state index contributed by atoms with van der Waals surface area (Å²) in [5, 5.41) is 8.98. The van der Waals surface area contributed by atoms with E-state index in [1.54, 1.807) is 4.90 Å². The zero-order chi connectivity index (χ0) is 9.84. The van der Waals surface area contributed by atoms with Crippen LogP contribution in [0.2, 0.25) is 0 Å². The lowest BCUT2D eigenvalue weighted by Gasteiger charge is -2.21.